The van der Waals surface area contributed by atoms with Crippen LogP contribution < -0.4 is 5.32 Å². The van der Waals surface area contributed by atoms with Crippen molar-refractivity contribution in [1.29, 1.82) is 0 Å². The molecule has 1 saturated heterocycles. The lowest BCUT2D eigenvalue weighted by Gasteiger charge is -2.25. The third-order valence-electron chi connectivity index (χ3n) is 3.06. The zero-order valence-electron chi connectivity index (χ0n) is 10.9. The second kappa shape index (κ2) is 8.44. The number of hydrogen-bond acceptors (Lipinski definition) is 4. The van der Waals surface area contributed by atoms with Gasteiger partial charge in [0, 0.05) is 40.5 Å². The lowest BCUT2D eigenvalue weighted by molar-refractivity contribution is -0.135. The van der Waals surface area contributed by atoms with Crippen molar-refractivity contribution in [3.05, 3.63) is 0 Å². The van der Waals surface area contributed by atoms with E-state index in [0.717, 1.165) is 32.5 Å². The molecule has 0 aromatic rings. The summed E-state index contributed by atoms with van der Waals surface area (Å²) in [7, 11) is 3.34. The summed E-state index contributed by atoms with van der Waals surface area (Å²) >= 11 is 0. The number of nitrogens with zero attached hydrogens (tertiary/aromatic N) is 1. The van der Waals surface area contributed by atoms with Crippen molar-refractivity contribution in [2.24, 2.45) is 5.92 Å². The minimum absolute atomic E-state index is 0.148. The first-order valence-corrected chi connectivity index (χ1v) is 6.27. The van der Waals surface area contributed by atoms with E-state index in [9.17, 15) is 4.79 Å². The van der Waals surface area contributed by atoms with Gasteiger partial charge in [-0.15, -0.1) is 0 Å². The van der Waals surface area contributed by atoms with Crippen molar-refractivity contribution in [3.63, 3.8) is 0 Å². The van der Waals surface area contributed by atoms with Crippen LogP contribution in [0.25, 0.3) is 0 Å². The second-order valence-electron chi connectivity index (χ2n) is 4.35. The molecule has 0 radical (unpaired) electrons. The van der Waals surface area contributed by atoms with E-state index in [2.05, 4.69) is 5.32 Å². The molecular weight excluding hydrogens is 220 g/mol. The van der Waals surface area contributed by atoms with Crippen molar-refractivity contribution in [1.82, 2.24) is 10.2 Å². The minimum Gasteiger partial charge on any atom is -0.385 e. The lowest BCUT2D eigenvalue weighted by atomic mass is 10.1. The van der Waals surface area contributed by atoms with Crippen LogP contribution in [-0.2, 0) is 14.3 Å². The van der Waals surface area contributed by atoms with Crippen LogP contribution in [0, 0.1) is 5.92 Å². The Morgan fingerprint density at radius 3 is 2.65 bits per heavy atom. The molecule has 0 aromatic carbocycles. The minimum atomic E-state index is 0.148. The van der Waals surface area contributed by atoms with Crippen LogP contribution in [0.4, 0.5) is 0 Å². The molecule has 0 aliphatic carbocycles. The zero-order valence-corrected chi connectivity index (χ0v) is 10.9. The Morgan fingerprint density at radius 1 is 1.29 bits per heavy atom. The maximum atomic E-state index is 12.2. The Morgan fingerprint density at radius 2 is 2.06 bits per heavy atom. The van der Waals surface area contributed by atoms with E-state index < -0.39 is 0 Å². The fourth-order valence-corrected chi connectivity index (χ4v) is 2.06. The molecule has 1 aliphatic heterocycles. The van der Waals surface area contributed by atoms with Crippen LogP contribution in [-0.4, -0.2) is 64.4 Å². The van der Waals surface area contributed by atoms with Gasteiger partial charge in [0.05, 0.1) is 12.5 Å². The normalized spacial score (nSPS) is 19.5. The Kier molecular flexibility index (Phi) is 7.16. The number of hydrogen-bond donors (Lipinski definition) is 1. The molecule has 17 heavy (non-hydrogen) atoms. The Bertz CT molecular complexity index is 218. The first-order valence-electron chi connectivity index (χ1n) is 6.27. The highest BCUT2D eigenvalue weighted by Crippen LogP contribution is 2.12. The fourth-order valence-electron chi connectivity index (χ4n) is 2.06. The molecule has 5 nitrogen and oxygen atoms in total. The largest absolute Gasteiger partial charge is 0.385 e. The van der Waals surface area contributed by atoms with Gasteiger partial charge in [-0.2, -0.15) is 0 Å². The molecule has 1 N–H and O–H groups in total. The molecule has 0 bridgehead atoms. The van der Waals surface area contributed by atoms with Crippen molar-refractivity contribution in [3.8, 4) is 0 Å². The van der Waals surface area contributed by atoms with Gasteiger partial charge in [-0.3, -0.25) is 4.79 Å². The lowest BCUT2D eigenvalue weighted by Crippen LogP contribution is -2.40. The standard InChI is InChI=1S/C12H24N2O3/c1-16-8-3-6-14(7-9-17-2)12(15)11-4-5-13-10-11/h11,13H,3-10H2,1-2H3. The van der Waals surface area contributed by atoms with Gasteiger partial charge >= 0.3 is 0 Å². The van der Waals surface area contributed by atoms with E-state index >= 15 is 0 Å². The Labute approximate surface area is 103 Å². The maximum Gasteiger partial charge on any atom is 0.227 e. The van der Waals surface area contributed by atoms with Crippen LogP contribution in [0.5, 0.6) is 0 Å². The first kappa shape index (κ1) is 14.4. The number of rotatable bonds is 8. The molecule has 0 saturated carbocycles. The van der Waals surface area contributed by atoms with Crippen LogP contribution in [0.1, 0.15) is 12.8 Å². The van der Waals surface area contributed by atoms with E-state index in [-0.39, 0.29) is 11.8 Å². The molecule has 1 rings (SSSR count). The molecule has 1 amide bonds. The first-order chi connectivity index (χ1) is 8.29. The molecule has 1 atom stereocenters. The van der Waals surface area contributed by atoms with Crippen molar-refractivity contribution in [2.75, 3.05) is 53.6 Å². The summed E-state index contributed by atoms with van der Waals surface area (Å²) < 4.78 is 10.1. The van der Waals surface area contributed by atoms with Crippen molar-refractivity contribution >= 4 is 5.91 Å². The van der Waals surface area contributed by atoms with E-state index in [0.29, 0.717) is 19.8 Å². The molecule has 1 fully saturated rings. The number of carbonyl (C=O) groups is 1. The molecule has 100 valence electrons. The topological polar surface area (TPSA) is 50.8 Å². The van der Waals surface area contributed by atoms with Crippen molar-refractivity contribution < 1.29 is 14.3 Å². The van der Waals surface area contributed by atoms with Crippen LogP contribution >= 0.6 is 0 Å². The van der Waals surface area contributed by atoms with E-state index in [1.54, 1.807) is 14.2 Å². The van der Waals surface area contributed by atoms with Crippen LogP contribution in [0.2, 0.25) is 0 Å². The van der Waals surface area contributed by atoms with Gasteiger partial charge in [-0.1, -0.05) is 0 Å². The number of carbonyl (C=O) groups excluding carboxylic acids is 1. The molecule has 1 unspecified atom stereocenters. The quantitative estimate of drug-likeness (QED) is 0.616. The van der Waals surface area contributed by atoms with E-state index in [1.807, 2.05) is 4.90 Å². The van der Waals surface area contributed by atoms with E-state index in [1.165, 1.54) is 0 Å². The summed E-state index contributed by atoms with van der Waals surface area (Å²) in [6.45, 7) is 4.49. The Hall–Kier alpha value is -0.650. The highest BCUT2D eigenvalue weighted by atomic mass is 16.5. The number of amides is 1. The van der Waals surface area contributed by atoms with Gasteiger partial charge in [0.25, 0.3) is 0 Å². The number of nitrogens with one attached hydrogen (secondary N) is 1. The zero-order chi connectivity index (χ0) is 12.5. The SMILES string of the molecule is COCCCN(CCOC)C(=O)C1CCNC1. The molecule has 0 aromatic heterocycles. The van der Waals surface area contributed by atoms with Gasteiger partial charge in [-0.05, 0) is 19.4 Å². The number of ether oxygens (including phenoxy) is 2. The highest BCUT2D eigenvalue weighted by molar-refractivity contribution is 5.79. The highest BCUT2D eigenvalue weighted by Gasteiger charge is 2.26. The summed E-state index contributed by atoms with van der Waals surface area (Å²) in [4.78, 5) is 14.1. The summed E-state index contributed by atoms with van der Waals surface area (Å²) in [6, 6.07) is 0. The third kappa shape index (κ3) is 5.02. The van der Waals surface area contributed by atoms with Gasteiger partial charge in [-0.25, -0.2) is 0 Å². The number of methoxy groups -OCH3 is 2. The van der Waals surface area contributed by atoms with Gasteiger partial charge in [0.1, 0.15) is 0 Å². The van der Waals surface area contributed by atoms with Crippen LogP contribution in [0.15, 0.2) is 0 Å². The molecule has 5 heteroatoms. The fraction of sp³-hybridized carbons (Fsp3) is 0.917. The Balaban J connectivity index is 2.39. The predicted molar refractivity (Wildman–Crippen MR) is 65.9 cm³/mol. The molecule has 0 spiro atoms. The smallest absolute Gasteiger partial charge is 0.227 e. The van der Waals surface area contributed by atoms with Crippen molar-refractivity contribution in [2.45, 2.75) is 12.8 Å². The summed E-state index contributed by atoms with van der Waals surface area (Å²) in [5, 5.41) is 3.23. The summed E-state index contributed by atoms with van der Waals surface area (Å²) in [5.41, 5.74) is 0. The summed E-state index contributed by atoms with van der Waals surface area (Å²) in [6.07, 6.45) is 1.83. The van der Waals surface area contributed by atoms with Crippen LogP contribution in [0.3, 0.4) is 0 Å². The maximum absolute atomic E-state index is 12.2. The third-order valence-corrected chi connectivity index (χ3v) is 3.06. The second-order valence-corrected chi connectivity index (χ2v) is 4.35. The van der Waals surface area contributed by atoms with E-state index in [4.69, 9.17) is 9.47 Å². The molecular formula is C12H24N2O3. The molecule has 1 aliphatic rings. The average molecular weight is 244 g/mol. The van der Waals surface area contributed by atoms with Gasteiger partial charge in [0.15, 0.2) is 0 Å². The monoisotopic (exact) mass is 244 g/mol. The predicted octanol–water partition coefficient (Wildman–Crippen LogP) is 0.107. The van der Waals surface area contributed by atoms with Gasteiger partial charge < -0.3 is 19.7 Å². The average Bonchev–Trinajstić information content (AvgIpc) is 2.86. The summed E-state index contributed by atoms with van der Waals surface area (Å²) in [5.74, 6) is 0.401. The van der Waals surface area contributed by atoms with Gasteiger partial charge in [0.2, 0.25) is 5.91 Å². The molecule has 1 heterocycles.